The van der Waals surface area contributed by atoms with Gasteiger partial charge in [-0.2, -0.15) is 0 Å². The Kier molecular flexibility index (Phi) is 9.19. The zero-order chi connectivity index (χ0) is 22.3. The minimum absolute atomic E-state index is 0.0462. The molecule has 0 saturated carbocycles. The Balaban J connectivity index is 2.34. The zero-order valence-electron chi connectivity index (χ0n) is 18.0. The molecule has 0 heterocycles. The highest BCUT2D eigenvalue weighted by Gasteiger charge is 2.29. The fourth-order valence-electron chi connectivity index (χ4n) is 3.27. The summed E-state index contributed by atoms with van der Waals surface area (Å²) < 4.78 is 0. The largest absolute Gasteiger partial charge is 0.352 e. The highest BCUT2D eigenvalue weighted by atomic mass is 35.5. The van der Waals surface area contributed by atoms with Crippen LogP contribution in [0.15, 0.2) is 42.5 Å². The average molecular weight is 449 g/mol. The lowest BCUT2D eigenvalue weighted by Crippen LogP contribution is -2.51. The Bertz CT molecular complexity index is 885. The molecule has 0 radical (unpaired) electrons. The number of hydrogen-bond donors (Lipinski definition) is 1. The smallest absolute Gasteiger partial charge is 0.243 e. The van der Waals surface area contributed by atoms with Crippen molar-refractivity contribution in [2.45, 2.75) is 65.6 Å². The molecule has 0 aromatic heterocycles. The van der Waals surface area contributed by atoms with E-state index in [0.29, 0.717) is 16.5 Å². The van der Waals surface area contributed by atoms with Crippen molar-refractivity contribution in [1.82, 2.24) is 10.2 Å². The van der Waals surface area contributed by atoms with Crippen LogP contribution in [0.5, 0.6) is 0 Å². The second-order valence-corrected chi connectivity index (χ2v) is 8.43. The molecular formula is C24H30Cl2N2O2. The Labute approximate surface area is 189 Å². The molecule has 0 spiro atoms. The summed E-state index contributed by atoms with van der Waals surface area (Å²) in [6, 6.07) is 12.6. The minimum atomic E-state index is -0.565. The molecule has 0 unspecified atom stereocenters. The van der Waals surface area contributed by atoms with Gasteiger partial charge in [0.1, 0.15) is 6.04 Å². The Morgan fingerprint density at radius 2 is 1.73 bits per heavy atom. The number of rotatable bonds is 9. The number of nitrogens with zero attached hydrogens (tertiary/aromatic N) is 1. The van der Waals surface area contributed by atoms with Crippen molar-refractivity contribution in [3.05, 3.63) is 69.2 Å². The van der Waals surface area contributed by atoms with E-state index >= 15 is 0 Å². The molecule has 0 fully saturated rings. The second-order valence-electron chi connectivity index (χ2n) is 7.62. The molecule has 2 aromatic rings. The molecule has 162 valence electrons. The van der Waals surface area contributed by atoms with E-state index in [1.165, 1.54) is 0 Å². The molecule has 1 N–H and O–H groups in total. The standard InChI is InChI=1S/C24H30Cl2N2O2/c1-5-17(4)27-24(30)22(6-2)28(15-18-11-12-20(25)21(26)13-18)23(29)14-19-10-8-7-9-16(19)3/h7-13,17,22H,5-6,14-15H2,1-4H3,(H,27,30)/t17-,22+/m1/s1. The predicted octanol–water partition coefficient (Wildman–Crippen LogP) is 5.57. The van der Waals surface area contributed by atoms with E-state index in [1.54, 1.807) is 17.0 Å². The highest BCUT2D eigenvalue weighted by molar-refractivity contribution is 6.42. The summed E-state index contributed by atoms with van der Waals surface area (Å²) in [7, 11) is 0. The summed E-state index contributed by atoms with van der Waals surface area (Å²) >= 11 is 12.2. The Morgan fingerprint density at radius 1 is 1.03 bits per heavy atom. The van der Waals surface area contributed by atoms with Gasteiger partial charge in [-0.15, -0.1) is 0 Å². The first-order valence-corrected chi connectivity index (χ1v) is 11.1. The van der Waals surface area contributed by atoms with Crippen LogP contribution in [-0.2, 0) is 22.6 Å². The van der Waals surface area contributed by atoms with Crippen LogP contribution in [0.25, 0.3) is 0 Å². The quantitative estimate of drug-likeness (QED) is 0.545. The number of nitrogens with one attached hydrogen (secondary N) is 1. The number of aryl methyl sites for hydroxylation is 1. The lowest BCUT2D eigenvalue weighted by Gasteiger charge is -2.32. The fourth-order valence-corrected chi connectivity index (χ4v) is 3.59. The molecule has 2 atom stereocenters. The monoisotopic (exact) mass is 448 g/mol. The van der Waals surface area contributed by atoms with Gasteiger partial charge in [0.05, 0.1) is 16.5 Å². The number of halogens is 2. The van der Waals surface area contributed by atoms with Gasteiger partial charge < -0.3 is 10.2 Å². The van der Waals surface area contributed by atoms with Crippen LogP contribution in [0, 0.1) is 6.92 Å². The minimum Gasteiger partial charge on any atom is -0.352 e. The van der Waals surface area contributed by atoms with Gasteiger partial charge in [-0.3, -0.25) is 9.59 Å². The number of carbonyl (C=O) groups is 2. The maximum absolute atomic E-state index is 13.4. The average Bonchev–Trinajstić information content (AvgIpc) is 2.72. The Hall–Kier alpha value is -2.04. The molecule has 6 heteroatoms. The summed E-state index contributed by atoms with van der Waals surface area (Å²) in [6.07, 6.45) is 1.58. The normalized spacial score (nSPS) is 12.9. The molecule has 0 saturated heterocycles. The molecule has 0 aliphatic rings. The van der Waals surface area contributed by atoms with Crippen LogP contribution in [0.2, 0.25) is 10.0 Å². The number of benzene rings is 2. The van der Waals surface area contributed by atoms with Crippen LogP contribution in [-0.4, -0.2) is 28.8 Å². The Morgan fingerprint density at radius 3 is 2.33 bits per heavy atom. The molecular weight excluding hydrogens is 419 g/mol. The molecule has 30 heavy (non-hydrogen) atoms. The van der Waals surface area contributed by atoms with Crippen molar-refractivity contribution in [3.63, 3.8) is 0 Å². The van der Waals surface area contributed by atoms with Gasteiger partial charge in [0, 0.05) is 12.6 Å². The summed E-state index contributed by atoms with van der Waals surface area (Å²) in [6.45, 7) is 8.17. The first kappa shape index (κ1) is 24.2. The van der Waals surface area contributed by atoms with Gasteiger partial charge in [-0.25, -0.2) is 0 Å². The molecule has 4 nitrogen and oxygen atoms in total. The topological polar surface area (TPSA) is 49.4 Å². The number of amides is 2. The van der Waals surface area contributed by atoms with E-state index in [-0.39, 0.29) is 30.8 Å². The van der Waals surface area contributed by atoms with Gasteiger partial charge in [-0.1, -0.05) is 67.4 Å². The first-order chi connectivity index (χ1) is 14.3. The van der Waals surface area contributed by atoms with Crippen LogP contribution >= 0.6 is 23.2 Å². The lowest BCUT2D eigenvalue weighted by atomic mass is 10.0. The summed E-state index contributed by atoms with van der Waals surface area (Å²) in [5.74, 6) is -0.230. The predicted molar refractivity (Wildman–Crippen MR) is 124 cm³/mol. The van der Waals surface area contributed by atoms with E-state index < -0.39 is 6.04 Å². The van der Waals surface area contributed by atoms with E-state index in [9.17, 15) is 9.59 Å². The van der Waals surface area contributed by atoms with Crippen LogP contribution < -0.4 is 5.32 Å². The number of hydrogen-bond acceptors (Lipinski definition) is 2. The highest BCUT2D eigenvalue weighted by Crippen LogP contribution is 2.24. The molecule has 2 rings (SSSR count). The summed E-state index contributed by atoms with van der Waals surface area (Å²) in [4.78, 5) is 28.0. The third kappa shape index (κ3) is 6.48. The van der Waals surface area contributed by atoms with Gasteiger partial charge in [-0.05, 0) is 55.5 Å². The van der Waals surface area contributed by atoms with Crippen molar-refractivity contribution in [2.24, 2.45) is 0 Å². The first-order valence-electron chi connectivity index (χ1n) is 10.3. The number of carbonyl (C=O) groups excluding carboxylic acids is 2. The fraction of sp³-hybridized carbons (Fsp3) is 0.417. The summed E-state index contributed by atoms with van der Waals surface area (Å²) in [5, 5.41) is 3.90. The van der Waals surface area contributed by atoms with Gasteiger partial charge >= 0.3 is 0 Å². The molecule has 2 aromatic carbocycles. The third-order valence-electron chi connectivity index (χ3n) is 5.33. The van der Waals surface area contributed by atoms with E-state index in [2.05, 4.69) is 5.32 Å². The van der Waals surface area contributed by atoms with Crippen LogP contribution in [0.3, 0.4) is 0 Å². The molecule has 0 bridgehead atoms. The second kappa shape index (κ2) is 11.4. The van der Waals surface area contributed by atoms with Gasteiger partial charge in [0.15, 0.2) is 0 Å². The van der Waals surface area contributed by atoms with Crippen molar-refractivity contribution < 1.29 is 9.59 Å². The van der Waals surface area contributed by atoms with Crippen LogP contribution in [0.4, 0.5) is 0 Å². The summed E-state index contributed by atoms with van der Waals surface area (Å²) in [5.41, 5.74) is 2.84. The lowest BCUT2D eigenvalue weighted by molar-refractivity contribution is -0.141. The van der Waals surface area contributed by atoms with Crippen molar-refractivity contribution in [1.29, 1.82) is 0 Å². The maximum Gasteiger partial charge on any atom is 0.243 e. The van der Waals surface area contributed by atoms with E-state index in [4.69, 9.17) is 23.2 Å². The molecule has 2 amide bonds. The SMILES string of the molecule is CC[C@@H](C)NC(=O)[C@H](CC)N(Cc1ccc(Cl)c(Cl)c1)C(=O)Cc1ccccc1C. The van der Waals surface area contributed by atoms with Crippen molar-refractivity contribution in [2.75, 3.05) is 0 Å². The van der Waals surface area contributed by atoms with Gasteiger partial charge in [0.2, 0.25) is 11.8 Å². The van der Waals surface area contributed by atoms with Gasteiger partial charge in [0.25, 0.3) is 0 Å². The van der Waals surface area contributed by atoms with Crippen molar-refractivity contribution >= 4 is 35.0 Å². The zero-order valence-corrected chi connectivity index (χ0v) is 19.6. The van der Waals surface area contributed by atoms with Crippen LogP contribution in [0.1, 0.15) is 50.3 Å². The molecule has 0 aliphatic carbocycles. The third-order valence-corrected chi connectivity index (χ3v) is 6.07. The molecule has 0 aliphatic heterocycles. The maximum atomic E-state index is 13.4. The van der Waals surface area contributed by atoms with E-state index in [1.807, 2.05) is 58.0 Å². The van der Waals surface area contributed by atoms with E-state index in [0.717, 1.165) is 23.1 Å². The van der Waals surface area contributed by atoms with Crippen molar-refractivity contribution in [3.8, 4) is 0 Å².